The third-order valence-corrected chi connectivity index (χ3v) is 6.15. The molecule has 0 saturated carbocycles. The summed E-state index contributed by atoms with van der Waals surface area (Å²) in [6.07, 6.45) is 4.81. The van der Waals surface area contributed by atoms with Crippen LogP contribution in [0, 0.1) is 5.82 Å². The van der Waals surface area contributed by atoms with Gasteiger partial charge in [-0.25, -0.2) is 4.39 Å². The van der Waals surface area contributed by atoms with Crippen molar-refractivity contribution in [3.05, 3.63) is 40.6 Å². The number of hydrogen-bond acceptors (Lipinski definition) is 5. The van der Waals surface area contributed by atoms with Crippen LogP contribution in [-0.2, 0) is 9.59 Å². The van der Waals surface area contributed by atoms with Crippen LogP contribution >= 0.6 is 24.0 Å². The number of halogens is 1. The van der Waals surface area contributed by atoms with Crippen molar-refractivity contribution in [3.8, 4) is 0 Å². The van der Waals surface area contributed by atoms with E-state index in [0.29, 0.717) is 27.8 Å². The lowest BCUT2D eigenvalue weighted by molar-refractivity contribution is -0.138. The van der Waals surface area contributed by atoms with E-state index >= 15 is 0 Å². The molecule has 144 valence electrons. The summed E-state index contributed by atoms with van der Waals surface area (Å²) in [4.78, 5) is 28.8. The summed E-state index contributed by atoms with van der Waals surface area (Å²) in [6.45, 7) is 0.533. The maximum Gasteiger partial charge on any atom is 0.266 e. The molecule has 3 rings (SSSR count). The molecule has 0 aliphatic carbocycles. The van der Waals surface area contributed by atoms with Gasteiger partial charge in [0.15, 0.2) is 0 Å². The number of carbonyl (C=O) groups is 2. The number of benzene rings is 1. The number of hydrogen-bond donors (Lipinski definition) is 1. The van der Waals surface area contributed by atoms with Crippen LogP contribution in [0.15, 0.2) is 29.2 Å². The van der Waals surface area contributed by atoms with Gasteiger partial charge in [-0.05, 0) is 37.8 Å². The van der Waals surface area contributed by atoms with Gasteiger partial charge < -0.3 is 10.0 Å². The number of aliphatic hydroxyl groups is 1. The molecule has 27 heavy (non-hydrogen) atoms. The molecule has 2 amide bonds. The fourth-order valence-corrected chi connectivity index (χ4v) is 4.62. The summed E-state index contributed by atoms with van der Waals surface area (Å²) in [6, 6.07) is 6.19. The van der Waals surface area contributed by atoms with Gasteiger partial charge in [-0.1, -0.05) is 42.2 Å². The lowest BCUT2D eigenvalue weighted by Crippen LogP contribution is -2.49. The second-order valence-corrected chi connectivity index (χ2v) is 8.21. The quantitative estimate of drug-likeness (QED) is 0.600. The summed E-state index contributed by atoms with van der Waals surface area (Å²) < 4.78 is 14.1. The lowest BCUT2D eigenvalue weighted by atomic mass is 9.99. The molecule has 8 heteroatoms. The van der Waals surface area contributed by atoms with Crippen LogP contribution in [0.2, 0.25) is 0 Å². The Morgan fingerprint density at radius 3 is 2.89 bits per heavy atom. The van der Waals surface area contributed by atoms with Gasteiger partial charge in [0.05, 0.1) is 4.91 Å². The molecule has 2 heterocycles. The monoisotopic (exact) mass is 408 g/mol. The Labute approximate surface area is 167 Å². The van der Waals surface area contributed by atoms with Crippen molar-refractivity contribution in [2.75, 3.05) is 19.7 Å². The minimum Gasteiger partial charge on any atom is -0.396 e. The lowest BCUT2D eigenvalue weighted by Gasteiger charge is -2.36. The minimum absolute atomic E-state index is 0.00334. The number of carbonyl (C=O) groups excluding carboxylic acids is 2. The molecule has 0 radical (unpaired) electrons. The molecule has 1 aromatic rings. The zero-order valence-electron chi connectivity index (χ0n) is 14.8. The van der Waals surface area contributed by atoms with Gasteiger partial charge in [0, 0.05) is 24.8 Å². The Morgan fingerprint density at radius 1 is 1.37 bits per heavy atom. The number of aliphatic hydroxyl groups excluding tert-OH is 1. The molecule has 1 aromatic carbocycles. The fourth-order valence-electron chi connectivity index (χ4n) is 3.37. The van der Waals surface area contributed by atoms with Gasteiger partial charge in [0.1, 0.15) is 16.7 Å². The Hall–Kier alpha value is -1.77. The summed E-state index contributed by atoms with van der Waals surface area (Å²) in [5.41, 5.74) is 0.309. The molecule has 2 aliphatic heterocycles. The van der Waals surface area contributed by atoms with Crippen molar-refractivity contribution in [1.29, 1.82) is 0 Å². The van der Waals surface area contributed by atoms with Crippen LogP contribution in [0.3, 0.4) is 0 Å². The van der Waals surface area contributed by atoms with Gasteiger partial charge in [-0.15, -0.1) is 0 Å². The van der Waals surface area contributed by atoms with Crippen molar-refractivity contribution < 1.29 is 19.1 Å². The molecule has 0 bridgehead atoms. The first-order valence-corrected chi connectivity index (χ1v) is 10.1. The Morgan fingerprint density at radius 2 is 2.15 bits per heavy atom. The van der Waals surface area contributed by atoms with Crippen LogP contribution in [0.25, 0.3) is 6.08 Å². The van der Waals surface area contributed by atoms with Crippen molar-refractivity contribution in [2.45, 2.75) is 31.7 Å². The van der Waals surface area contributed by atoms with E-state index in [2.05, 4.69) is 0 Å². The second-order valence-electron chi connectivity index (χ2n) is 6.54. The van der Waals surface area contributed by atoms with E-state index in [1.807, 2.05) is 0 Å². The molecule has 2 saturated heterocycles. The molecule has 0 unspecified atom stereocenters. The van der Waals surface area contributed by atoms with Crippen LogP contribution in [0.5, 0.6) is 0 Å². The smallest absolute Gasteiger partial charge is 0.266 e. The van der Waals surface area contributed by atoms with E-state index in [0.717, 1.165) is 31.0 Å². The van der Waals surface area contributed by atoms with Crippen LogP contribution in [0.1, 0.15) is 31.2 Å². The second kappa shape index (κ2) is 8.95. The van der Waals surface area contributed by atoms with Gasteiger partial charge in [0.25, 0.3) is 5.91 Å². The molecule has 5 nitrogen and oxygen atoms in total. The topological polar surface area (TPSA) is 60.9 Å². The molecule has 2 fully saturated rings. The number of amides is 2. The normalized spacial score (nSPS) is 22.0. The van der Waals surface area contributed by atoms with E-state index in [4.69, 9.17) is 12.2 Å². The third-order valence-electron chi connectivity index (χ3n) is 4.77. The van der Waals surface area contributed by atoms with E-state index in [1.165, 1.54) is 17.0 Å². The first-order valence-electron chi connectivity index (χ1n) is 8.91. The van der Waals surface area contributed by atoms with Crippen LogP contribution in [-0.4, -0.2) is 56.8 Å². The summed E-state index contributed by atoms with van der Waals surface area (Å²) in [7, 11) is 0. The zero-order chi connectivity index (χ0) is 19.4. The van der Waals surface area contributed by atoms with Gasteiger partial charge >= 0.3 is 0 Å². The molecule has 2 aliphatic rings. The highest BCUT2D eigenvalue weighted by Crippen LogP contribution is 2.33. The third kappa shape index (κ3) is 4.56. The van der Waals surface area contributed by atoms with Crippen LogP contribution in [0.4, 0.5) is 4.39 Å². The Balaban J connectivity index is 1.72. The number of likely N-dealkylation sites (tertiary alicyclic amines) is 1. The molecular formula is C19H21FN2O3S2. The SMILES string of the molecule is O=C1/C(=C\c2ccccc2F)SC(=S)N1CC(=O)N1CCCC[C@@H]1CCO. The maximum absolute atomic E-state index is 13.8. The van der Waals surface area contributed by atoms with Crippen molar-refractivity contribution in [3.63, 3.8) is 0 Å². The van der Waals surface area contributed by atoms with Gasteiger partial charge in [-0.2, -0.15) is 0 Å². The van der Waals surface area contributed by atoms with E-state index in [-0.39, 0.29) is 31.0 Å². The van der Waals surface area contributed by atoms with Crippen molar-refractivity contribution in [2.24, 2.45) is 0 Å². The predicted octanol–water partition coefficient (Wildman–Crippen LogP) is 2.79. The number of thioether (sulfide) groups is 1. The van der Waals surface area contributed by atoms with Gasteiger partial charge in [-0.3, -0.25) is 14.5 Å². The molecular weight excluding hydrogens is 387 g/mol. The summed E-state index contributed by atoms with van der Waals surface area (Å²) in [5, 5.41) is 9.22. The molecule has 1 N–H and O–H groups in total. The average molecular weight is 409 g/mol. The number of rotatable bonds is 5. The average Bonchev–Trinajstić information content (AvgIpc) is 2.92. The number of piperidine rings is 1. The largest absolute Gasteiger partial charge is 0.396 e. The first kappa shape index (κ1) is 20.0. The highest BCUT2D eigenvalue weighted by molar-refractivity contribution is 8.26. The number of thiocarbonyl (C=S) groups is 1. The summed E-state index contributed by atoms with van der Waals surface area (Å²) >= 11 is 6.34. The molecule has 0 spiro atoms. The fraction of sp³-hybridized carbons (Fsp3) is 0.421. The minimum atomic E-state index is -0.418. The van der Waals surface area contributed by atoms with Crippen LogP contribution < -0.4 is 0 Å². The highest BCUT2D eigenvalue weighted by Gasteiger charge is 2.36. The highest BCUT2D eigenvalue weighted by atomic mass is 32.2. The Kier molecular flexibility index (Phi) is 6.62. The van der Waals surface area contributed by atoms with E-state index in [9.17, 15) is 19.1 Å². The standard InChI is InChI=1S/C19H21FN2O3S2/c20-15-7-2-1-5-13(15)11-16-18(25)22(19(26)27-16)12-17(24)21-9-4-3-6-14(21)8-10-23/h1-2,5,7,11,14,23H,3-4,6,8-10,12H2/b16-11+/t14-/m1/s1. The van der Waals surface area contributed by atoms with Crippen molar-refractivity contribution >= 4 is 46.2 Å². The first-order chi connectivity index (χ1) is 13.0. The van der Waals surface area contributed by atoms with Gasteiger partial charge in [0.2, 0.25) is 5.91 Å². The molecule has 1 atom stereocenters. The summed E-state index contributed by atoms with van der Waals surface area (Å²) in [5.74, 6) is -0.965. The maximum atomic E-state index is 13.8. The number of nitrogens with zero attached hydrogens (tertiary/aromatic N) is 2. The molecule has 0 aromatic heterocycles. The van der Waals surface area contributed by atoms with E-state index in [1.54, 1.807) is 23.1 Å². The van der Waals surface area contributed by atoms with E-state index < -0.39 is 5.82 Å². The predicted molar refractivity (Wildman–Crippen MR) is 107 cm³/mol. The Bertz CT molecular complexity index is 782. The van der Waals surface area contributed by atoms with Crippen molar-refractivity contribution in [1.82, 2.24) is 9.80 Å². The zero-order valence-corrected chi connectivity index (χ0v) is 16.4.